The van der Waals surface area contributed by atoms with Crippen molar-refractivity contribution < 1.29 is 9.53 Å². The zero-order chi connectivity index (χ0) is 17.5. The minimum absolute atomic E-state index is 0.265. The monoisotopic (exact) mass is 345 g/mol. The molecule has 1 N–H and O–H groups in total. The summed E-state index contributed by atoms with van der Waals surface area (Å²) < 4.78 is 5.22. The highest BCUT2D eigenvalue weighted by molar-refractivity contribution is 5.78. The van der Waals surface area contributed by atoms with Gasteiger partial charge in [-0.1, -0.05) is 19.3 Å². The van der Waals surface area contributed by atoms with Gasteiger partial charge in [0.2, 0.25) is 5.91 Å². The Bertz CT molecular complexity index is 532. The standard InChI is InChI=1S/C20H31N3O2/c1-25-19-9-7-18(8-10-19)23-15-13-22(14-16-23)12-11-21-20(24)17-5-3-2-4-6-17/h7-10,17H,2-6,11-16H2,1H3,(H,21,24). The van der Waals surface area contributed by atoms with Crippen LogP contribution in [0.2, 0.25) is 0 Å². The van der Waals surface area contributed by atoms with Gasteiger partial charge >= 0.3 is 0 Å². The number of rotatable bonds is 6. The zero-order valence-electron chi connectivity index (χ0n) is 15.4. The van der Waals surface area contributed by atoms with E-state index in [2.05, 4.69) is 27.2 Å². The minimum Gasteiger partial charge on any atom is -0.497 e. The molecule has 2 fully saturated rings. The molecule has 0 atom stereocenters. The van der Waals surface area contributed by atoms with E-state index in [1.54, 1.807) is 7.11 Å². The molecule has 0 radical (unpaired) electrons. The minimum atomic E-state index is 0.265. The molecule has 1 aromatic carbocycles. The van der Waals surface area contributed by atoms with Gasteiger partial charge in [-0.05, 0) is 37.1 Å². The van der Waals surface area contributed by atoms with Gasteiger partial charge in [0.1, 0.15) is 5.75 Å². The summed E-state index contributed by atoms with van der Waals surface area (Å²) in [5, 5.41) is 3.15. The third-order valence-corrected chi connectivity index (χ3v) is 5.51. The Balaban J connectivity index is 1.35. The van der Waals surface area contributed by atoms with Gasteiger partial charge in [-0.25, -0.2) is 0 Å². The molecule has 1 aliphatic heterocycles. The Kier molecular flexibility index (Phi) is 6.56. The van der Waals surface area contributed by atoms with Crippen LogP contribution in [-0.2, 0) is 4.79 Å². The summed E-state index contributed by atoms with van der Waals surface area (Å²) >= 11 is 0. The molecule has 1 aromatic rings. The lowest BCUT2D eigenvalue weighted by molar-refractivity contribution is -0.125. The lowest BCUT2D eigenvalue weighted by Crippen LogP contribution is -2.48. The summed E-state index contributed by atoms with van der Waals surface area (Å²) in [6.07, 6.45) is 5.87. The molecule has 0 bridgehead atoms. The van der Waals surface area contributed by atoms with Gasteiger partial charge in [-0.3, -0.25) is 9.69 Å². The molecule has 1 aliphatic carbocycles. The van der Waals surface area contributed by atoms with E-state index >= 15 is 0 Å². The Morgan fingerprint density at radius 3 is 2.40 bits per heavy atom. The van der Waals surface area contributed by atoms with Crippen molar-refractivity contribution in [2.45, 2.75) is 32.1 Å². The number of ether oxygens (including phenoxy) is 1. The molecule has 1 heterocycles. The maximum absolute atomic E-state index is 12.2. The SMILES string of the molecule is COc1ccc(N2CCN(CCNC(=O)C3CCCCC3)CC2)cc1. The van der Waals surface area contributed by atoms with Gasteiger partial charge in [0.25, 0.3) is 0 Å². The fraction of sp³-hybridized carbons (Fsp3) is 0.650. The summed E-state index contributed by atoms with van der Waals surface area (Å²) in [4.78, 5) is 17.0. The highest BCUT2D eigenvalue weighted by Gasteiger charge is 2.21. The number of benzene rings is 1. The maximum Gasteiger partial charge on any atom is 0.223 e. The molecule has 5 nitrogen and oxygen atoms in total. The zero-order valence-corrected chi connectivity index (χ0v) is 15.4. The van der Waals surface area contributed by atoms with Crippen molar-refractivity contribution in [2.75, 3.05) is 51.3 Å². The second-order valence-corrected chi connectivity index (χ2v) is 7.15. The molecule has 3 rings (SSSR count). The summed E-state index contributed by atoms with van der Waals surface area (Å²) in [5.74, 6) is 1.44. The fourth-order valence-electron chi connectivity index (χ4n) is 3.87. The van der Waals surface area contributed by atoms with Crippen LogP contribution in [0, 0.1) is 5.92 Å². The van der Waals surface area contributed by atoms with Crippen molar-refractivity contribution in [3.8, 4) is 5.75 Å². The number of carbonyl (C=O) groups excluding carboxylic acids is 1. The molecule has 0 unspecified atom stereocenters. The van der Waals surface area contributed by atoms with Crippen LogP contribution in [0.15, 0.2) is 24.3 Å². The van der Waals surface area contributed by atoms with Crippen molar-refractivity contribution in [3.05, 3.63) is 24.3 Å². The average molecular weight is 345 g/mol. The Morgan fingerprint density at radius 1 is 1.08 bits per heavy atom. The molecular weight excluding hydrogens is 314 g/mol. The first-order valence-corrected chi connectivity index (χ1v) is 9.65. The Labute approximate surface area is 151 Å². The van der Waals surface area contributed by atoms with Gasteiger partial charge < -0.3 is 15.0 Å². The van der Waals surface area contributed by atoms with Crippen LogP contribution in [-0.4, -0.2) is 57.2 Å². The third kappa shape index (κ3) is 5.11. The number of nitrogens with zero attached hydrogens (tertiary/aromatic N) is 2. The lowest BCUT2D eigenvalue weighted by atomic mass is 9.89. The van der Waals surface area contributed by atoms with Gasteiger partial charge in [-0.15, -0.1) is 0 Å². The van der Waals surface area contributed by atoms with E-state index in [1.165, 1.54) is 24.9 Å². The normalized spacial score (nSPS) is 19.6. The molecule has 5 heteroatoms. The van der Waals surface area contributed by atoms with Crippen LogP contribution in [0.1, 0.15) is 32.1 Å². The first-order valence-electron chi connectivity index (χ1n) is 9.65. The smallest absolute Gasteiger partial charge is 0.223 e. The Morgan fingerprint density at radius 2 is 1.76 bits per heavy atom. The van der Waals surface area contributed by atoms with Gasteiger partial charge in [0.05, 0.1) is 7.11 Å². The Hall–Kier alpha value is -1.75. The predicted molar refractivity (Wildman–Crippen MR) is 101 cm³/mol. The summed E-state index contributed by atoms with van der Waals surface area (Å²) in [6.45, 7) is 5.88. The van der Waals surface area contributed by atoms with E-state index in [0.29, 0.717) is 0 Å². The maximum atomic E-state index is 12.2. The number of anilines is 1. The van der Waals surface area contributed by atoms with Crippen LogP contribution in [0.4, 0.5) is 5.69 Å². The fourth-order valence-corrected chi connectivity index (χ4v) is 3.87. The van der Waals surface area contributed by atoms with Crippen molar-refractivity contribution >= 4 is 11.6 Å². The summed E-state index contributed by atoms with van der Waals surface area (Å²) in [6, 6.07) is 8.28. The third-order valence-electron chi connectivity index (χ3n) is 5.51. The van der Waals surface area contributed by atoms with E-state index in [-0.39, 0.29) is 11.8 Å². The number of carbonyl (C=O) groups is 1. The highest BCUT2D eigenvalue weighted by atomic mass is 16.5. The number of methoxy groups -OCH3 is 1. The van der Waals surface area contributed by atoms with Gasteiger partial charge in [0.15, 0.2) is 0 Å². The predicted octanol–water partition coefficient (Wildman–Crippen LogP) is 2.51. The van der Waals surface area contributed by atoms with Crippen LogP contribution < -0.4 is 15.0 Å². The van der Waals surface area contributed by atoms with E-state index in [1.807, 2.05) is 12.1 Å². The summed E-state index contributed by atoms with van der Waals surface area (Å²) in [7, 11) is 1.70. The van der Waals surface area contributed by atoms with Gasteiger partial charge in [0, 0.05) is 50.9 Å². The van der Waals surface area contributed by atoms with E-state index in [0.717, 1.165) is 57.9 Å². The van der Waals surface area contributed by atoms with Crippen molar-refractivity contribution in [3.63, 3.8) is 0 Å². The van der Waals surface area contributed by atoms with Crippen LogP contribution in [0.25, 0.3) is 0 Å². The van der Waals surface area contributed by atoms with Crippen molar-refractivity contribution in [1.29, 1.82) is 0 Å². The quantitative estimate of drug-likeness (QED) is 0.860. The van der Waals surface area contributed by atoms with Crippen LogP contribution in [0.5, 0.6) is 5.75 Å². The number of hydrogen-bond donors (Lipinski definition) is 1. The molecule has 138 valence electrons. The molecule has 1 saturated heterocycles. The molecule has 25 heavy (non-hydrogen) atoms. The first-order chi connectivity index (χ1) is 12.3. The topological polar surface area (TPSA) is 44.8 Å². The lowest BCUT2D eigenvalue weighted by Gasteiger charge is -2.36. The van der Waals surface area contributed by atoms with E-state index in [4.69, 9.17) is 4.74 Å². The van der Waals surface area contributed by atoms with Crippen molar-refractivity contribution in [2.24, 2.45) is 5.92 Å². The van der Waals surface area contributed by atoms with Crippen molar-refractivity contribution in [1.82, 2.24) is 10.2 Å². The molecule has 0 aromatic heterocycles. The molecule has 2 aliphatic rings. The van der Waals surface area contributed by atoms with E-state index < -0.39 is 0 Å². The largest absolute Gasteiger partial charge is 0.497 e. The van der Waals surface area contributed by atoms with Gasteiger partial charge in [-0.2, -0.15) is 0 Å². The average Bonchev–Trinajstić information content (AvgIpc) is 2.69. The molecule has 0 spiro atoms. The van der Waals surface area contributed by atoms with Crippen LogP contribution >= 0.6 is 0 Å². The number of piperazine rings is 1. The number of amides is 1. The molecule has 1 saturated carbocycles. The summed E-state index contributed by atoms with van der Waals surface area (Å²) in [5.41, 5.74) is 1.26. The molecular formula is C20H31N3O2. The van der Waals surface area contributed by atoms with Crippen LogP contribution in [0.3, 0.4) is 0 Å². The highest BCUT2D eigenvalue weighted by Crippen LogP contribution is 2.23. The molecule has 1 amide bonds. The first kappa shape index (κ1) is 18.1. The second-order valence-electron chi connectivity index (χ2n) is 7.15. The number of hydrogen-bond acceptors (Lipinski definition) is 4. The number of nitrogens with one attached hydrogen (secondary N) is 1. The van der Waals surface area contributed by atoms with E-state index in [9.17, 15) is 4.79 Å². The second kappa shape index (κ2) is 9.09.